The van der Waals surface area contributed by atoms with E-state index >= 15 is 0 Å². The van der Waals surface area contributed by atoms with Crippen molar-refractivity contribution >= 4 is 22.9 Å². The summed E-state index contributed by atoms with van der Waals surface area (Å²) in [5, 5.41) is 0. The van der Waals surface area contributed by atoms with E-state index in [1.165, 1.54) is 23.5 Å². The van der Waals surface area contributed by atoms with Crippen LogP contribution in [0.1, 0.15) is 17.4 Å². The van der Waals surface area contributed by atoms with Crippen LogP contribution < -0.4 is 5.73 Å². The Hall–Kier alpha value is -0.970. The van der Waals surface area contributed by atoms with Crippen LogP contribution in [-0.2, 0) is 12.0 Å². The normalized spacial score (nSPS) is 14.5. The van der Waals surface area contributed by atoms with E-state index in [0.29, 0.717) is 16.3 Å². The van der Waals surface area contributed by atoms with Crippen LogP contribution >= 0.6 is 22.9 Å². The van der Waals surface area contributed by atoms with Crippen molar-refractivity contribution < 1.29 is 8.78 Å². The Balaban J connectivity index is 2.29. The first kappa shape index (κ1) is 13.5. The largest absolute Gasteiger partial charge is 0.321 e. The number of halogens is 3. The van der Waals surface area contributed by atoms with E-state index in [1.807, 2.05) is 6.07 Å². The lowest BCUT2D eigenvalue weighted by atomic mass is 9.89. The standard InChI is InChI=1S/C13H12ClF2NS/c1-13(17,7-11-2-3-12(14)18-11)8-4-9(15)6-10(16)5-8/h2-6H,7,17H2,1H3. The zero-order valence-corrected chi connectivity index (χ0v) is 11.3. The van der Waals surface area contributed by atoms with Crippen LogP contribution in [0.3, 0.4) is 0 Å². The number of thiophene rings is 1. The van der Waals surface area contributed by atoms with E-state index in [0.717, 1.165) is 10.9 Å². The molecule has 18 heavy (non-hydrogen) atoms. The van der Waals surface area contributed by atoms with Gasteiger partial charge in [0.15, 0.2) is 0 Å². The Morgan fingerprint density at radius 2 is 1.83 bits per heavy atom. The first-order chi connectivity index (χ1) is 8.37. The summed E-state index contributed by atoms with van der Waals surface area (Å²) in [6.45, 7) is 1.74. The highest BCUT2D eigenvalue weighted by atomic mass is 35.5. The smallest absolute Gasteiger partial charge is 0.126 e. The van der Waals surface area contributed by atoms with Crippen molar-refractivity contribution in [3.8, 4) is 0 Å². The minimum absolute atomic E-state index is 0.435. The zero-order chi connectivity index (χ0) is 13.3. The second-order valence-electron chi connectivity index (χ2n) is 4.46. The number of rotatable bonds is 3. The van der Waals surface area contributed by atoms with Crippen LogP contribution in [0.25, 0.3) is 0 Å². The number of nitrogens with two attached hydrogens (primary N) is 1. The lowest BCUT2D eigenvalue weighted by Crippen LogP contribution is -2.35. The second-order valence-corrected chi connectivity index (χ2v) is 6.26. The van der Waals surface area contributed by atoms with Crippen molar-refractivity contribution in [3.63, 3.8) is 0 Å². The predicted molar refractivity (Wildman–Crippen MR) is 70.9 cm³/mol. The van der Waals surface area contributed by atoms with Gasteiger partial charge in [0.25, 0.3) is 0 Å². The topological polar surface area (TPSA) is 26.0 Å². The molecule has 0 amide bonds. The molecule has 0 radical (unpaired) electrons. The second kappa shape index (κ2) is 4.96. The highest BCUT2D eigenvalue weighted by Gasteiger charge is 2.24. The molecule has 0 bridgehead atoms. The average Bonchev–Trinajstić information content (AvgIpc) is 2.61. The molecule has 2 rings (SSSR count). The summed E-state index contributed by atoms with van der Waals surface area (Å²) < 4.78 is 27.0. The summed E-state index contributed by atoms with van der Waals surface area (Å²) in [6, 6.07) is 7.01. The van der Waals surface area contributed by atoms with E-state index in [1.54, 1.807) is 13.0 Å². The highest BCUT2D eigenvalue weighted by Crippen LogP contribution is 2.29. The number of hydrogen-bond acceptors (Lipinski definition) is 2. The van der Waals surface area contributed by atoms with E-state index in [4.69, 9.17) is 17.3 Å². The third-order valence-corrected chi connectivity index (χ3v) is 3.92. The van der Waals surface area contributed by atoms with Gasteiger partial charge in [-0.15, -0.1) is 11.3 Å². The van der Waals surface area contributed by atoms with Crippen LogP contribution in [0.5, 0.6) is 0 Å². The summed E-state index contributed by atoms with van der Waals surface area (Å²) in [6.07, 6.45) is 0.479. The first-order valence-electron chi connectivity index (χ1n) is 5.36. The summed E-state index contributed by atoms with van der Waals surface area (Å²) in [5.74, 6) is -1.24. The van der Waals surface area contributed by atoms with Gasteiger partial charge in [0.05, 0.1) is 4.34 Å². The molecule has 2 aromatic rings. The van der Waals surface area contributed by atoms with Crippen molar-refractivity contribution in [2.45, 2.75) is 18.9 Å². The molecule has 0 aliphatic heterocycles. The lowest BCUT2D eigenvalue weighted by Gasteiger charge is -2.24. The summed E-state index contributed by atoms with van der Waals surface area (Å²) >= 11 is 7.26. The van der Waals surface area contributed by atoms with E-state index in [9.17, 15) is 8.78 Å². The molecule has 0 aliphatic rings. The summed E-state index contributed by atoms with van der Waals surface area (Å²) in [5.41, 5.74) is 5.75. The Kier molecular flexibility index (Phi) is 3.71. The molecule has 0 saturated carbocycles. The van der Waals surface area contributed by atoms with Gasteiger partial charge in [-0.05, 0) is 36.8 Å². The van der Waals surface area contributed by atoms with Gasteiger partial charge in [0.1, 0.15) is 11.6 Å². The van der Waals surface area contributed by atoms with E-state index in [2.05, 4.69) is 0 Å². The Labute approximate surface area is 113 Å². The van der Waals surface area contributed by atoms with E-state index < -0.39 is 17.2 Å². The highest BCUT2D eigenvalue weighted by molar-refractivity contribution is 7.16. The molecule has 0 spiro atoms. The molecule has 0 fully saturated rings. The van der Waals surface area contributed by atoms with Gasteiger partial charge in [-0.25, -0.2) is 8.78 Å². The number of hydrogen-bond donors (Lipinski definition) is 1. The van der Waals surface area contributed by atoms with Crippen LogP contribution in [0.15, 0.2) is 30.3 Å². The van der Waals surface area contributed by atoms with Gasteiger partial charge >= 0.3 is 0 Å². The van der Waals surface area contributed by atoms with Crippen LogP contribution in [0.4, 0.5) is 8.78 Å². The molecule has 1 unspecified atom stereocenters. The van der Waals surface area contributed by atoms with Gasteiger partial charge in [-0.3, -0.25) is 0 Å². The Morgan fingerprint density at radius 3 is 2.33 bits per heavy atom. The molecule has 1 heterocycles. The maximum absolute atomic E-state index is 13.2. The fourth-order valence-corrected chi connectivity index (χ4v) is 3.05. The van der Waals surface area contributed by atoms with Crippen LogP contribution in [0.2, 0.25) is 4.34 Å². The van der Waals surface area contributed by atoms with Crippen LogP contribution in [0, 0.1) is 11.6 Å². The summed E-state index contributed by atoms with van der Waals surface area (Å²) in [4.78, 5) is 0.981. The van der Waals surface area contributed by atoms with Crippen molar-refractivity contribution in [2.24, 2.45) is 5.73 Å². The summed E-state index contributed by atoms with van der Waals surface area (Å²) in [7, 11) is 0. The monoisotopic (exact) mass is 287 g/mol. The third kappa shape index (κ3) is 3.07. The maximum atomic E-state index is 13.2. The molecule has 1 nitrogen and oxygen atoms in total. The van der Waals surface area contributed by atoms with Crippen molar-refractivity contribution in [3.05, 3.63) is 56.7 Å². The number of benzene rings is 1. The molecule has 96 valence electrons. The zero-order valence-electron chi connectivity index (χ0n) is 9.71. The minimum atomic E-state index is -0.836. The minimum Gasteiger partial charge on any atom is -0.321 e. The fraction of sp³-hybridized carbons (Fsp3) is 0.231. The van der Waals surface area contributed by atoms with Gasteiger partial charge in [0, 0.05) is 22.9 Å². The molecule has 1 aromatic heterocycles. The molecule has 0 aliphatic carbocycles. The third-order valence-electron chi connectivity index (χ3n) is 2.69. The SMILES string of the molecule is CC(N)(Cc1ccc(Cl)s1)c1cc(F)cc(F)c1. The Bertz CT molecular complexity index is 546. The maximum Gasteiger partial charge on any atom is 0.126 e. The van der Waals surface area contributed by atoms with Gasteiger partial charge in [-0.1, -0.05) is 11.6 Å². The molecular weight excluding hydrogens is 276 g/mol. The van der Waals surface area contributed by atoms with Gasteiger partial charge in [-0.2, -0.15) is 0 Å². The first-order valence-corrected chi connectivity index (χ1v) is 6.56. The lowest BCUT2D eigenvalue weighted by molar-refractivity contribution is 0.482. The van der Waals surface area contributed by atoms with Crippen LogP contribution in [-0.4, -0.2) is 0 Å². The molecule has 5 heteroatoms. The fourth-order valence-electron chi connectivity index (χ4n) is 1.79. The van der Waals surface area contributed by atoms with Crippen molar-refractivity contribution in [1.29, 1.82) is 0 Å². The van der Waals surface area contributed by atoms with E-state index in [-0.39, 0.29) is 0 Å². The molecular formula is C13H12ClF2NS. The molecule has 0 saturated heterocycles. The van der Waals surface area contributed by atoms with Gasteiger partial charge in [0.2, 0.25) is 0 Å². The molecule has 1 atom stereocenters. The Morgan fingerprint density at radius 1 is 1.22 bits per heavy atom. The quantitative estimate of drug-likeness (QED) is 0.904. The molecule has 2 N–H and O–H groups in total. The van der Waals surface area contributed by atoms with Gasteiger partial charge < -0.3 is 5.73 Å². The predicted octanol–water partition coefficient (Wildman–Crippen LogP) is 4.10. The molecule has 1 aromatic carbocycles. The van der Waals surface area contributed by atoms with Crippen molar-refractivity contribution in [2.75, 3.05) is 0 Å². The average molecular weight is 288 g/mol. The van der Waals surface area contributed by atoms with Crippen molar-refractivity contribution in [1.82, 2.24) is 0 Å².